The van der Waals surface area contributed by atoms with E-state index in [4.69, 9.17) is 23.2 Å². The average Bonchev–Trinajstić information content (AvgIpc) is 2.54. The van der Waals surface area contributed by atoms with Gasteiger partial charge in [0.15, 0.2) is 0 Å². The van der Waals surface area contributed by atoms with Crippen LogP contribution in [-0.2, 0) is 0 Å². The van der Waals surface area contributed by atoms with Crippen LogP contribution in [0.4, 0.5) is 16.2 Å². The maximum Gasteiger partial charge on any atom is 0.323 e. The van der Waals surface area contributed by atoms with Gasteiger partial charge in [-0.2, -0.15) is 0 Å². The fourth-order valence-electron chi connectivity index (χ4n) is 2.19. The summed E-state index contributed by atoms with van der Waals surface area (Å²) < 4.78 is 0. The first-order chi connectivity index (χ1) is 11.5. The van der Waals surface area contributed by atoms with Crippen LogP contribution < -0.4 is 21.8 Å². The summed E-state index contributed by atoms with van der Waals surface area (Å²) >= 11 is 11.7. The number of H-pyrrole nitrogens is 2. The standard InChI is InChI=1S/C15H10Cl2N4O3/c16-9-5-4-7(6-10(9)17)18-15(24)19-11-3-1-2-8-12(11)14(23)21-20-13(8)22/h1-6H,(H,20,22)(H,21,23)(H2,18,19,24). The summed E-state index contributed by atoms with van der Waals surface area (Å²) in [5, 5.41) is 10.5. The van der Waals surface area contributed by atoms with Crippen molar-refractivity contribution in [3.05, 3.63) is 67.2 Å². The molecule has 0 fully saturated rings. The fourth-order valence-corrected chi connectivity index (χ4v) is 2.49. The number of anilines is 2. The van der Waals surface area contributed by atoms with Gasteiger partial charge in [0.2, 0.25) is 0 Å². The van der Waals surface area contributed by atoms with Crippen molar-refractivity contribution in [1.82, 2.24) is 10.2 Å². The van der Waals surface area contributed by atoms with E-state index in [1.54, 1.807) is 18.2 Å². The number of rotatable bonds is 2. The minimum atomic E-state index is -0.597. The van der Waals surface area contributed by atoms with Gasteiger partial charge in [-0.1, -0.05) is 29.3 Å². The third-order valence-corrected chi connectivity index (χ3v) is 3.99. The van der Waals surface area contributed by atoms with Crippen LogP contribution >= 0.6 is 23.2 Å². The topological polar surface area (TPSA) is 107 Å². The van der Waals surface area contributed by atoms with Crippen LogP contribution in [-0.4, -0.2) is 16.2 Å². The number of urea groups is 1. The summed E-state index contributed by atoms with van der Waals surface area (Å²) in [7, 11) is 0. The zero-order chi connectivity index (χ0) is 17.3. The molecule has 4 N–H and O–H groups in total. The summed E-state index contributed by atoms with van der Waals surface area (Å²) in [4.78, 5) is 35.8. The van der Waals surface area contributed by atoms with Crippen molar-refractivity contribution < 1.29 is 4.79 Å². The summed E-state index contributed by atoms with van der Waals surface area (Å²) in [6.45, 7) is 0. The van der Waals surface area contributed by atoms with Gasteiger partial charge in [-0.15, -0.1) is 0 Å². The van der Waals surface area contributed by atoms with Gasteiger partial charge < -0.3 is 10.6 Å². The summed E-state index contributed by atoms with van der Waals surface area (Å²) in [5.74, 6) is 0. The van der Waals surface area contributed by atoms with Crippen molar-refractivity contribution in [2.45, 2.75) is 0 Å². The minimum absolute atomic E-state index is 0.0885. The third-order valence-electron chi connectivity index (χ3n) is 3.25. The molecule has 3 rings (SSSR count). The molecule has 0 aliphatic rings. The van der Waals surface area contributed by atoms with Gasteiger partial charge in [0.25, 0.3) is 11.1 Å². The normalized spacial score (nSPS) is 10.6. The van der Waals surface area contributed by atoms with E-state index in [1.807, 2.05) is 0 Å². The van der Waals surface area contributed by atoms with Crippen molar-refractivity contribution in [3.8, 4) is 0 Å². The molecule has 1 aromatic heterocycles. The van der Waals surface area contributed by atoms with E-state index in [1.165, 1.54) is 18.2 Å². The fraction of sp³-hybridized carbons (Fsp3) is 0. The van der Waals surface area contributed by atoms with Gasteiger partial charge in [-0.05, 0) is 30.3 Å². The lowest BCUT2D eigenvalue weighted by atomic mass is 10.1. The SMILES string of the molecule is O=C(Nc1ccc(Cl)c(Cl)c1)Nc1cccc2c(=O)[nH][nH]c(=O)c12. The Hall–Kier alpha value is -2.77. The van der Waals surface area contributed by atoms with E-state index in [0.29, 0.717) is 15.7 Å². The molecule has 0 atom stereocenters. The van der Waals surface area contributed by atoms with Gasteiger partial charge in [0.05, 0.1) is 26.5 Å². The number of amides is 2. The molecule has 0 aliphatic heterocycles. The molecule has 0 bridgehead atoms. The van der Waals surface area contributed by atoms with Gasteiger partial charge in [0.1, 0.15) is 0 Å². The molecule has 0 spiro atoms. The quantitative estimate of drug-likeness (QED) is 0.560. The smallest absolute Gasteiger partial charge is 0.308 e. The van der Waals surface area contributed by atoms with Gasteiger partial charge in [0, 0.05) is 5.69 Å². The Kier molecular flexibility index (Phi) is 4.28. The number of hydrogen-bond donors (Lipinski definition) is 4. The number of halogens is 2. The molecule has 122 valence electrons. The van der Waals surface area contributed by atoms with Gasteiger partial charge in [-0.3, -0.25) is 19.8 Å². The van der Waals surface area contributed by atoms with E-state index in [2.05, 4.69) is 20.8 Å². The number of benzene rings is 2. The molecule has 0 unspecified atom stereocenters. The first kappa shape index (κ1) is 16.1. The van der Waals surface area contributed by atoms with Crippen LogP contribution in [0, 0.1) is 0 Å². The Bertz CT molecular complexity index is 1060. The summed E-state index contributed by atoms with van der Waals surface area (Å²) in [6.07, 6.45) is 0. The largest absolute Gasteiger partial charge is 0.323 e. The lowest BCUT2D eigenvalue weighted by Gasteiger charge is -2.10. The molecule has 7 nitrogen and oxygen atoms in total. The molecule has 0 radical (unpaired) electrons. The second kappa shape index (κ2) is 6.38. The number of hydrogen-bond acceptors (Lipinski definition) is 3. The number of carbonyl (C=O) groups excluding carboxylic acids is 1. The zero-order valence-corrected chi connectivity index (χ0v) is 13.5. The molecule has 9 heteroatoms. The molecule has 1 heterocycles. The highest BCUT2D eigenvalue weighted by atomic mass is 35.5. The van der Waals surface area contributed by atoms with E-state index in [0.717, 1.165) is 0 Å². The Morgan fingerprint density at radius 3 is 2.42 bits per heavy atom. The van der Waals surface area contributed by atoms with E-state index >= 15 is 0 Å². The molecular formula is C15H10Cl2N4O3. The average molecular weight is 365 g/mol. The van der Waals surface area contributed by atoms with Crippen molar-refractivity contribution >= 4 is 51.4 Å². The summed E-state index contributed by atoms with van der Waals surface area (Å²) in [5.41, 5.74) is -0.348. The zero-order valence-electron chi connectivity index (χ0n) is 11.9. The van der Waals surface area contributed by atoms with Crippen molar-refractivity contribution in [3.63, 3.8) is 0 Å². The Morgan fingerprint density at radius 1 is 0.917 bits per heavy atom. The maximum absolute atomic E-state index is 12.1. The van der Waals surface area contributed by atoms with Crippen molar-refractivity contribution in [2.75, 3.05) is 10.6 Å². The molecule has 3 aromatic rings. The van der Waals surface area contributed by atoms with Crippen LogP contribution in [0.3, 0.4) is 0 Å². The highest BCUT2D eigenvalue weighted by Gasteiger charge is 2.11. The van der Waals surface area contributed by atoms with Crippen molar-refractivity contribution in [1.29, 1.82) is 0 Å². The number of aromatic nitrogens is 2. The Labute approximate surface area is 144 Å². The Morgan fingerprint density at radius 2 is 1.67 bits per heavy atom. The predicted molar refractivity (Wildman–Crippen MR) is 94.3 cm³/mol. The lowest BCUT2D eigenvalue weighted by Crippen LogP contribution is -2.23. The van der Waals surface area contributed by atoms with E-state index in [9.17, 15) is 14.4 Å². The monoisotopic (exact) mass is 364 g/mol. The maximum atomic E-state index is 12.1. The van der Waals surface area contributed by atoms with E-state index in [-0.39, 0.29) is 16.5 Å². The lowest BCUT2D eigenvalue weighted by molar-refractivity contribution is 0.262. The van der Waals surface area contributed by atoms with Crippen LogP contribution in [0.15, 0.2) is 46.0 Å². The van der Waals surface area contributed by atoms with E-state index < -0.39 is 17.1 Å². The molecule has 0 saturated heterocycles. The second-order valence-electron chi connectivity index (χ2n) is 4.84. The number of nitrogens with one attached hydrogen (secondary N) is 4. The van der Waals surface area contributed by atoms with Crippen LogP contribution in [0.1, 0.15) is 0 Å². The third kappa shape index (κ3) is 3.12. The molecule has 0 aliphatic carbocycles. The molecule has 2 aromatic carbocycles. The highest BCUT2D eigenvalue weighted by Crippen LogP contribution is 2.25. The molecule has 0 saturated carbocycles. The number of aromatic amines is 2. The first-order valence-corrected chi connectivity index (χ1v) is 7.48. The van der Waals surface area contributed by atoms with Crippen LogP contribution in [0.5, 0.6) is 0 Å². The molecular weight excluding hydrogens is 355 g/mol. The van der Waals surface area contributed by atoms with Crippen molar-refractivity contribution in [2.24, 2.45) is 0 Å². The second-order valence-corrected chi connectivity index (χ2v) is 5.66. The highest BCUT2D eigenvalue weighted by molar-refractivity contribution is 6.42. The number of fused-ring (bicyclic) bond motifs is 1. The van der Waals surface area contributed by atoms with Gasteiger partial charge >= 0.3 is 6.03 Å². The number of carbonyl (C=O) groups is 1. The van der Waals surface area contributed by atoms with Gasteiger partial charge in [-0.25, -0.2) is 4.79 Å². The van der Waals surface area contributed by atoms with Crippen LogP contribution in [0.2, 0.25) is 10.0 Å². The van der Waals surface area contributed by atoms with Crippen LogP contribution in [0.25, 0.3) is 10.8 Å². The predicted octanol–water partition coefficient (Wildman–Crippen LogP) is 3.17. The summed E-state index contributed by atoms with van der Waals surface area (Å²) in [6, 6.07) is 8.59. The molecule has 24 heavy (non-hydrogen) atoms. The Balaban J connectivity index is 1.91. The minimum Gasteiger partial charge on any atom is -0.308 e. The molecule has 2 amide bonds. The first-order valence-electron chi connectivity index (χ1n) is 6.72.